The second kappa shape index (κ2) is 11.8. The minimum atomic E-state index is -0.767. The number of hydrogen-bond acceptors (Lipinski definition) is 8. The molecule has 11 heteroatoms. The molecular weight excluding hydrogens is 634 g/mol. The summed E-state index contributed by atoms with van der Waals surface area (Å²) in [5, 5.41) is 11.1. The average molecular weight is 657 g/mol. The van der Waals surface area contributed by atoms with Crippen LogP contribution in [0.1, 0.15) is 29.9 Å². The summed E-state index contributed by atoms with van der Waals surface area (Å²) in [6, 6.07) is 25.8. The van der Waals surface area contributed by atoms with E-state index in [0.717, 1.165) is 11.1 Å². The zero-order valence-corrected chi connectivity index (χ0v) is 25.0. The Balaban J connectivity index is 1.52. The van der Waals surface area contributed by atoms with Crippen LogP contribution in [0.3, 0.4) is 0 Å². The minimum Gasteiger partial charge on any atom is -0.463 e. The molecule has 2 aromatic heterocycles. The summed E-state index contributed by atoms with van der Waals surface area (Å²) in [4.78, 5) is 43.4. The van der Waals surface area contributed by atoms with Gasteiger partial charge in [-0.05, 0) is 46.6 Å². The normalized spacial score (nSPS) is 14.7. The fourth-order valence-electron chi connectivity index (χ4n) is 4.91. The van der Waals surface area contributed by atoms with Gasteiger partial charge in [-0.2, -0.15) is 0 Å². The van der Waals surface area contributed by atoms with E-state index in [1.165, 1.54) is 28.0 Å². The van der Waals surface area contributed by atoms with Gasteiger partial charge >= 0.3 is 5.97 Å². The number of furan rings is 1. The second-order valence-electron chi connectivity index (χ2n) is 9.47. The third-order valence-electron chi connectivity index (χ3n) is 6.82. The highest BCUT2D eigenvalue weighted by Gasteiger charge is 2.35. The van der Waals surface area contributed by atoms with Crippen LogP contribution in [-0.2, 0) is 9.53 Å². The van der Waals surface area contributed by atoms with Crippen LogP contribution in [0.5, 0.6) is 0 Å². The summed E-state index contributed by atoms with van der Waals surface area (Å²) in [5.74, 6) is 0.339. The molecule has 0 amide bonds. The van der Waals surface area contributed by atoms with E-state index in [1.807, 2.05) is 60.7 Å². The van der Waals surface area contributed by atoms with E-state index in [-0.39, 0.29) is 23.4 Å². The maximum absolute atomic E-state index is 14.0. The van der Waals surface area contributed by atoms with Crippen molar-refractivity contribution in [3.8, 4) is 11.3 Å². The van der Waals surface area contributed by atoms with Crippen molar-refractivity contribution >= 4 is 50.7 Å². The maximum Gasteiger partial charge on any atom is 0.338 e. The molecule has 43 heavy (non-hydrogen) atoms. The number of thiazole rings is 1. The molecule has 0 bridgehead atoms. The lowest BCUT2D eigenvalue weighted by Crippen LogP contribution is -2.39. The zero-order chi connectivity index (χ0) is 30.1. The maximum atomic E-state index is 14.0. The van der Waals surface area contributed by atoms with Gasteiger partial charge in [-0.1, -0.05) is 72.0 Å². The molecule has 0 fully saturated rings. The van der Waals surface area contributed by atoms with Crippen LogP contribution in [0.2, 0.25) is 0 Å². The van der Waals surface area contributed by atoms with Crippen LogP contribution in [0.4, 0.5) is 5.69 Å². The van der Waals surface area contributed by atoms with Crippen molar-refractivity contribution < 1.29 is 18.9 Å². The molecule has 0 saturated heterocycles. The van der Waals surface area contributed by atoms with E-state index >= 15 is 0 Å². The Morgan fingerprint density at radius 2 is 1.81 bits per heavy atom. The summed E-state index contributed by atoms with van der Waals surface area (Å²) in [5.41, 5.74) is 2.45. The van der Waals surface area contributed by atoms with Gasteiger partial charge in [0.25, 0.3) is 11.2 Å². The molecule has 1 aliphatic rings. The number of fused-ring (bicyclic) bond motifs is 1. The van der Waals surface area contributed by atoms with Gasteiger partial charge in [-0.15, -0.1) is 0 Å². The van der Waals surface area contributed by atoms with E-state index in [9.17, 15) is 19.7 Å². The highest BCUT2D eigenvalue weighted by Crippen LogP contribution is 2.35. The van der Waals surface area contributed by atoms with Crippen molar-refractivity contribution in [1.82, 2.24) is 4.57 Å². The molecule has 1 aliphatic heterocycles. The molecule has 3 heterocycles. The Kier molecular flexibility index (Phi) is 7.75. The number of hydrogen-bond donors (Lipinski definition) is 0. The standard InChI is InChI=1S/C32H22BrN3O6S/c1-2-41-31(38)27-28(19-9-5-3-6-10-19)34-32-35(29(27)20-11-7-4-8-12-20)30(37)26(43-32)18-22-14-16-25(42-22)23-15-13-21(36(39)40)17-24(23)33/h3-18,29H,2H2,1H3/b26-18-/t29-/m0/s1. The summed E-state index contributed by atoms with van der Waals surface area (Å²) in [7, 11) is 0. The van der Waals surface area contributed by atoms with Crippen molar-refractivity contribution in [2.24, 2.45) is 4.99 Å². The number of benzene rings is 3. The average Bonchev–Trinajstić information content (AvgIpc) is 3.61. The number of carbonyl (C=O) groups excluding carboxylic acids is 1. The lowest BCUT2D eigenvalue weighted by Gasteiger charge is -2.25. The monoisotopic (exact) mass is 655 g/mol. The Morgan fingerprint density at radius 1 is 1.09 bits per heavy atom. The number of nitro groups is 1. The van der Waals surface area contributed by atoms with Crippen molar-refractivity contribution in [3.63, 3.8) is 0 Å². The molecule has 3 aromatic carbocycles. The van der Waals surface area contributed by atoms with E-state index in [1.54, 1.807) is 31.2 Å². The molecule has 0 radical (unpaired) electrons. The highest BCUT2D eigenvalue weighted by molar-refractivity contribution is 9.10. The molecule has 1 atom stereocenters. The van der Waals surface area contributed by atoms with Gasteiger partial charge in [0, 0.05) is 33.8 Å². The van der Waals surface area contributed by atoms with E-state index in [0.29, 0.717) is 36.6 Å². The van der Waals surface area contributed by atoms with E-state index in [4.69, 9.17) is 14.1 Å². The van der Waals surface area contributed by atoms with Gasteiger partial charge in [-0.3, -0.25) is 19.5 Å². The quantitative estimate of drug-likeness (QED) is 0.123. The lowest BCUT2D eigenvalue weighted by atomic mass is 9.93. The molecular formula is C32H22BrN3O6S. The topological polar surface area (TPSA) is 117 Å². The molecule has 0 spiro atoms. The first-order chi connectivity index (χ1) is 20.9. The van der Waals surface area contributed by atoms with Crippen LogP contribution >= 0.6 is 27.3 Å². The Morgan fingerprint density at radius 3 is 2.49 bits per heavy atom. The second-order valence-corrected chi connectivity index (χ2v) is 11.3. The fourth-order valence-corrected chi connectivity index (χ4v) is 6.46. The number of carbonyl (C=O) groups is 1. The van der Waals surface area contributed by atoms with Crippen molar-refractivity contribution in [2.45, 2.75) is 13.0 Å². The van der Waals surface area contributed by atoms with E-state index < -0.39 is 16.9 Å². The summed E-state index contributed by atoms with van der Waals surface area (Å²) < 4.78 is 13.9. The first-order valence-corrected chi connectivity index (χ1v) is 14.8. The van der Waals surface area contributed by atoms with Crippen LogP contribution in [0.25, 0.3) is 23.1 Å². The van der Waals surface area contributed by atoms with Gasteiger partial charge in [0.05, 0.1) is 33.4 Å². The number of halogens is 1. The third-order valence-corrected chi connectivity index (χ3v) is 8.46. The Labute approximate surface area is 257 Å². The molecule has 0 N–H and O–H groups in total. The smallest absolute Gasteiger partial charge is 0.338 e. The zero-order valence-electron chi connectivity index (χ0n) is 22.6. The van der Waals surface area contributed by atoms with Gasteiger partial charge in [0.1, 0.15) is 11.5 Å². The molecule has 0 aliphatic carbocycles. The molecule has 5 aromatic rings. The fraction of sp³-hybridized carbons (Fsp3) is 0.0938. The minimum absolute atomic E-state index is 0.0476. The predicted octanol–water partition coefficient (Wildman–Crippen LogP) is 5.87. The van der Waals surface area contributed by atoms with Gasteiger partial charge in [0.15, 0.2) is 4.80 Å². The molecule has 214 valence electrons. The molecule has 0 unspecified atom stereocenters. The lowest BCUT2D eigenvalue weighted by molar-refractivity contribution is -0.384. The Hall–Kier alpha value is -4.87. The number of nitrogens with zero attached hydrogens (tertiary/aromatic N) is 3. The number of nitro benzene ring substituents is 1. The number of ether oxygens (including phenoxy) is 1. The van der Waals surface area contributed by atoms with Crippen LogP contribution in [-0.4, -0.2) is 22.1 Å². The first-order valence-electron chi connectivity index (χ1n) is 13.2. The van der Waals surface area contributed by atoms with Crippen LogP contribution in [0, 0.1) is 10.1 Å². The summed E-state index contributed by atoms with van der Waals surface area (Å²) in [6.45, 7) is 1.91. The summed E-state index contributed by atoms with van der Waals surface area (Å²) >= 11 is 4.57. The third kappa shape index (κ3) is 5.40. The number of aromatic nitrogens is 1. The van der Waals surface area contributed by atoms with Gasteiger partial charge in [-0.25, -0.2) is 9.79 Å². The van der Waals surface area contributed by atoms with Crippen molar-refractivity contribution in [2.75, 3.05) is 6.61 Å². The molecule has 0 saturated carbocycles. The number of rotatable bonds is 7. The molecule has 6 rings (SSSR count). The predicted molar refractivity (Wildman–Crippen MR) is 166 cm³/mol. The van der Waals surface area contributed by atoms with Gasteiger partial charge < -0.3 is 9.15 Å². The largest absolute Gasteiger partial charge is 0.463 e. The van der Waals surface area contributed by atoms with Crippen LogP contribution in [0.15, 0.2) is 115 Å². The van der Waals surface area contributed by atoms with Gasteiger partial charge in [0.2, 0.25) is 0 Å². The number of non-ortho nitro benzene ring substituents is 1. The Bertz CT molecular complexity index is 2080. The molecule has 9 nitrogen and oxygen atoms in total. The van der Waals surface area contributed by atoms with Crippen LogP contribution < -0.4 is 14.9 Å². The summed E-state index contributed by atoms with van der Waals surface area (Å²) in [6.07, 6.45) is 1.63. The van der Waals surface area contributed by atoms with Crippen molar-refractivity contribution in [3.05, 3.63) is 148 Å². The highest BCUT2D eigenvalue weighted by atomic mass is 79.9. The van der Waals surface area contributed by atoms with Crippen molar-refractivity contribution in [1.29, 1.82) is 0 Å². The van der Waals surface area contributed by atoms with E-state index in [2.05, 4.69) is 15.9 Å². The first kappa shape index (κ1) is 28.3. The SMILES string of the molecule is CCOC(=O)C1=C(c2ccccc2)N=c2s/c(=C\c3ccc(-c4ccc([N+](=O)[O-])cc4Br)o3)c(=O)n2[C@H]1c1ccccc1. The number of esters is 1.